The molecule has 8 nitrogen and oxygen atoms in total. The molecule has 1 saturated heterocycles. The van der Waals surface area contributed by atoms with E-state index < -0.39 is 19.7 Å². The van der Waals surface area contributed by atoms with Gasteiger partial charge in [-0.05, 0) is 47.9 Å². The summed E-state index contributed by atoms with van der Waals surface area (Å²) >= 11 is 0. The first-order valence-electron chi connectivity index (χ1n) is 9.93. The molecule has 0 aliphatic carbocycles. The molecule has 1 fully saturated rings. The van der Waals surface area contributed by atoms with Crippen LogP contribution in [-0.4, -0.2) is 59.4 Å². The Labute approximate surface area is 171 Å². The molecule has 4 N–H and O–H groups in total. The first kappa shape index (κ1) is 23.4. The number of aromatic carboxylic acids is 1. The van der Waals surface area contributed by atoms with Crippen LogP contribution in [0.25, 0.3) is 0 Å². The standard InChI is InChI=1S/C20H29N2O6P/c1-14(23)21-9-4-2-3-8-19(29(26)27)18-12-22-17(13-28-18)11-15-6-5-7-16(10-15)20(24)25/h5-7,10,17-19,22H,2-4,8-9,11-13H2,1H3,(H2-,21,23,24,25,26,27)/p+1/t17-,18+,19?/m1/s1. The van der Waals surface area contributed by atoms with Gasteiger partial charge in [0, 0.05) is 26.1 Å². The third-order valence-electron chi connectivity index (χ3n) is 5.04. The first-order chi connectivity index (χ1) is 13.9. The van der Waals surface area contributed by atoms with Crippen LogP contribution in [0.2, 0.25) is 0 Å². The molecule has 1 aliphatic heterocycles. The number of rotatable bonds is 11. The molecular formula is C20H30N2O6P+. The van der Waals surface area contributed by atoms with Crippen molar-refractivity contribution in [3.05, 3.63) is 35.4 Å². The van der Waals surface area contributed by atoms with E-state index in [1.807, 2.05) is 6.07 Å². The summed E-state index contributed by atoms with van der Waals surface area (Å²) in [4.78, 5) is 31.6. The van der Waals surface area contributed by atoms with Gasteiger partial charge < -0.3 is 20.5 Å². The molecule has 1 amide bonds. The molecule has 0 spiro atoms. The van der Waals surface area contributed by atoms with Crippen molar-refractivity contribution in [3.8, 4) is 0 Å². The number of carboxylic acids is 1. The number of morpholine rings is 1. The summed E-state index contributed by atoms with van der Waals surface area (Å²) in [5, 5.41) is 15.2. The average Bonchev–Trinajstić information content (AvgIpc) is 2.68. The van der Waals surface area contributed by atoms with Gasteiger partial charge in [0.05, 0.1) is 12.2 Å². The normalized spacial score (nSPS) is 20.7. The SMILES string of the molecule is CC(=O)NCCCCCC([C@@H]1CN[C@H](Cc2cccc(C(=O)O)c2)CO1)[P+](=O)O. The molecule has 2 unspecified atom stereocenters. The van der Waals surface area contributed by atoms with Gasteiger partial charge >= 0.3 is 14.0 Å². The predicted octanol–water partition coefficient (Wildman–Crippen LogP) is 2.08. The number of benzene rings is 1. The highest BCUT2D eigenvalue weighted by atomic mass is 31.1. The van der Waals surface area contributed by atoms with Crippen LogP contribution in [0.3, 0.4) is 0 Å². The molecule has 0 saturated carbocycles. The van der Waals surface area contributed by atoms with Crippen molar-refractivity contribution < 1.29 is 28.9 Å². The third-order valence-corrected chi connectivity index (χ3v) is 6.20. The highest BCUT2D eigenvalue weighted by Gasteiger charge is 2.40. The van der Waals surface area contributed by atoms with Crippen molar-refractivity contribution in [2.45, 2.75) is 56.8 Å². The number of carbonyl (C=O) groups excluding carboxylic acids is 1. The van der Waals surface area contributed by atoms with Gasteiger partial charge in [0.1, 0.15) is 6.10 Å². The third kappa shape index (κ3) is 8.19. The van der Waals surface area contributed by atoms with Crippen LogP contribution in [0.4, 0.5) is 0 Å². The fourth-order valence-electron chi connectivity index (χ4n) is 3.49. The van der Waals surface area contributed by atoms with Crippen molar-refractivity contribution in [1.29, 1.82) is 0 Å². The topological polar surface area (TPSA) is 125 Å². The van der Waals surface area contributed by atoms with E-state index in [0.29, 0.717) is 32.5 Å². The first-order valence-corrected chi connectivity index (χ1v) is 11.2. The lowest BCUT2D eigenvalue weighted by molar-refractivity contribution is -0.118. The Bertz CT molecular complexity index is 706. The predicted molar refractivity (Wildman–Crippen MR) is 109 cm³/mol. The molecule has 9 heteroatoms. The fourth-order valence-corrected chi connectivity index (χ4v) is 4.37. The Balaban J connectivity index is 1.76. The summed E-state index contributed by atoms with van der Waals surface area (Å²) in [7, 11) is -2.35. The second-order valence-electron chi connectivity index (χ2n) is 7.39. The van der Waals surface area contributed by atoms with Gasteiger partial charge in [0.2, 0.25) is 11.6 Å². The maximum Gasteiger partial charge on any atom is 0.511 e. The summed E-state index contributed by atoms with van der Waals surface area (Å²) in [6.07, 6.45) is 3.44. The number of unbranched alkanes of at least 4 members (excludes halogenated alkanes) is 2. The molecule has 2 rings (SSSR count). The van der Waals surface area contributed by atoms with E-state index in [9.17, 15) is 19.0 Å². The fraction of sp³-hybridized carbons (Fsp3) is 0.600. The van der Waals surface area contributed by atoms with E-state index >= 15 is 0 Å². The Hall–Kier alpha value is -1.86. The van der Waals surface area contributed by atoms with E-state index in [1.165, 1.54) is 6.92 Å². The lowest BCUT2D eigenvalue weighted by Gasteiger charge is -2.31. The zero-order chi connectivity index (χ0) is 21.2. The number of hydrogen-bond donors (Lipinski definition) is 4. The summed E-state index contributed by atoms with van der Waals surface area (Å²) in [5.74, 6) is -1.00. The van der Waals surface area contributed by atoms with Gasteiger partial charge in [-0.15, -0.1) is 0 Å². The molecule has 160 valence electrons. The number of amides is 1. The van der Waals surface area contributed by atoms with Gasteiger partial charge in [0.25, 0.3) is 0 Å². The van der Waals surface area contributed by atoms with Crippen molar-refractivity contribution in [2.75, 3.05) is 19.7 Å². The maximum absolute atomic E-state index is 11.8. The lowest BCUT2D eigenvalue weighted by Crippen LogP contribution is -2.50. The largest absolute Gasteiger partial charge is 0.511 e. The smallest absolute Gasteiger partial charge is 0.478 e. The van der Waals surface area contributed by atoms with Crippen LogP contribution in [0, 0.1) is 0 Å². The number of carboxylic acid groups (broad SMARTS) is 1. The molecule has 0 bridgehead atoms. The van der Waals surface area contributed by atoms with Gasteiger partial charge in [0.15, 0.2) is 0 Å². The second-order valence-corrected chi connectivity index (χ2v) is 8.66. The molecule has 1 aromatic carbocycles. The minimum atomic E-state index is -2.35. The van der Waals surface area contributed by atoms with Crippen LogP contribution >= 0.6 is 8.03 Å². The lowest BCUT2D eigenvalue weighted by atomic mass is 10.0. The summed E-state index contributed by atoms with van der Waals surface area (Å²) < 4.78 is 17.7. The highest BCUT2D eigenvalue weighted by Crippen LogP contribution is 2.32. The summed E-state index contributed by atoms with van der Waals surface area (Å²) in [5.41, 5.74) is 0.746. The average molecular weight is 425 g/mol. The van der Waals surface area contributed by atoms with Gasteiger partial charge in [-0.25, -0.2) is 4.79 Å². The Morgan fingerprint density at radius 1 is 1.34 bits per heavy atom. The molecular weight excluding hydrogens is 395 g/mol. The van der Waals surface area contributed by atoms with Crippen LogP contribution in [0.5, 0.6) is 0 Å². The van der Waals surface area contributed by atoms with E-state index in [0.717, 1.165) is 24.8 Å². The van der Waals surface area contributed by atoms with Gasteiger partial charge in [-0.1, -0.05) is 18.6 Å². The highest BCUT2D eigenvalue weighted by molar-refractivity contribution is 7.39. The van der Waals surface area contributed by atoms with Crippen molar-refractivity contribution >= 4 is 19.9 Å². The Morgan fingerprint density at radius 2 is 2.14 bits per heavy atom. The number of ether oxygens (including phenoxy) is 1. The zero-order valence-corrected chi connectivity index (χ0v) is 17.6. The van der Waals surface area contributed by atoms with Crippen LogP contribution in [0.1, 0.15) is 48.5 Å². The number of carbonyl (C=O) groups is 2. The molecule has 0 aromatic heterocycles. The van der Waals surface area contributed by atoms with Gasteiger partial charge in [-0.2, -0.15) is 4.89 Å². The molecule has 0 radical (unpaired) electrons. The minimum absolute atomic E-state index is 0.0326. The number of hydrogen-bond acceptors (Lipinski definition) is 5. The van der Waals surface area contributed by atoms with Crippen LogP contribution in [0.15, 0.2) is 24.3 Å². The van der Waals surface area contributed by atoms with E-state index in [-0.39, 0.29) is 23.6 Å². The van der Waals surface area contributed by atoms with E-state index in [1.54, 1.807) is 18.2 Å². The summed E-state index contributed by atoms with van der Waals surface area (Å²) in [6.45, 7) is 3.00. The molecule has 1 aromatic rings. The van der Waals surface area contributed by atoms with Crippen molar-refractivity contribution in [1.82, 2.24) is 10.6 Å². The molecule has 29 heavy (non-hydrogen) atoms. The molecule has 1 heterocycles. The van der Waals surface area contributed by atoms with E-state index in [2.05, 4.69) is 10.6 Å². The molecule has 4 atom stereocenters. The minimum Gasteiger partial charge on any atom is -0.478 e. The quantitative estimate of drug-likeness (QED) is 0.316. The van der Waals surface area contributed by atoms with Crippen LogP contribution in [-0.2, 0) is 20.5 Å². The van der Waals surface area contributed by atoms with Crippen molar-refractivity contribution in [2.24, 2.45) is 0 Å². The van der Waals surface area contributed by atoms with Crippen LogP contribution < -0.4 is 10.6 Å². The maximum atomic E-state index is 11.8. The number of nitrogens with one attached hydrogen (secondary N) is 2. The Kier molecular flexibility index (Phi) is 9.67. The Morgan fingerprint density at radius 3 is 2.76 bits per heavy atom. The second kappa shape index (κ2) is 12.0. The van der Waals surface area contributed by atoms with Crippen molar-refractivity contribution in [3.63, 3.8) is 0 Å². The monoisotopic (exact) mass is 425 g/mol. The molecule has 1 aliphatic rings. The van der Waals surface area contributed by atoms with Gasteiger partial charge in [-0.3, -0.25) is 4.79 Å². The zero-order valence-electron chi connectivity index (χ0n) is 16.7. The van der Waals surface area contributed by atoms with E-state index in [4.69, 9.17) is 9.84 Å². The summed E-state index contributed by atoms with van der Waals surface area (Å²) in [6, 6.07) is 6.86.